The second kappa shape index (κ2) is 3.96. The first kappa shape index (κ1) is 11.2. The average Bonchev–Trinajstić information content (AvgIpc) is 2.61. The van der Waals surface area contributed by atoms with Crippen molar-refractivity contribution in [3.8, 4) is 10.6 Å². The Bertz CT molecular complexity index is 483. The maximum atomic E-state index is 6.11. The van der Waals surface area contributed by atoms with Crippen molar-refractivity contribution in [1.82, 2.24) is 9.97 Å². The van der Waals surface area contributed by atoms with E-state index in [0.717, 1.165) is 21.1 Å². The fourth-order valence-electron chi connectivity index (χ4n) is 1.61. The van der Waals surface area contributed by atoms with Gasteiger partial charge in [0.25, 0.3) is 0 Å². The van der Waals surface area contributed by atoms with Crippen LogP contribution >= 0.6 is 11.3 Å². The summed E-state index contributed by atoms with van der Waals surface area (Å²) in [6.07, 6.45) is 3.55. The van der Waals surface area contributed by atoms with Gasteiger partial charge in [-0.1, -0.05) is 0 Å². The van der Waals surface area contributed by atoms with Gasteiger partial charge in [-0.15, -0.1) is 11.3 Å². The van der Waals surface area contributed by atoms with Gasteiger partial charge in [0.1, 0.15) is 5.01 Å². The van der Waals surface area contributed by atoms with Crippen molar-refractivity contribution in [1.29, 1.82) is 0 Å². The highest BCUT2D eigenvalue weighted by atomic mass is 32.1. The molecule has 84 valence electrons. The Balaban J connectivity index is 2.47. The Labute approximate surface area is 99.4 Å². The maximum absolute atomic E-state index is 6.11. The molecule has 0 amide bonds. The van der Waals surface area contributed by atoms with Crippen LogP contribution in [0.2, 0.25) is 0 Å². The van der Waals surface area contributed by atoms with E-state index in [1.807, 2.05) is 32.9 Å². The van der Waals surface area contributed by atoms with E-state index in [1.165, 1.54) is 0 Å². The van der Waals surface area contributed by atoms with Crippen LogP contribution in [-0.2, 0) is 5.54 Å². The molecular weight excluding hydrogens is 218 g/mol. The summed E-state index contributed by atoms with van der Waals surface area (Å²) >= 11 is 1.66. The minimum atomic E-state index is -0.326. The number of hydrogen-bond donors (Lipinski definition) is 1. The number of nitrogens with two attached hydrogens (primary N) is 1. The van der Waals surface area contributed by atoms with E-state index in [1.54, 1.807) is 23.7 Å². The molecule has 0 saturated carbocycles. The summed E-state index contributed by atoms with van der Waals surface area (Å²) < 4.78 is 0. The third kappa shape index (κ3) is 2.13. The van der Waals surface area contributed by atoms with Crippen LogP contribution in [-0.4, -0.2) is 9.97 Å². The fourth-order valence-corrected chi connectivity index (χ4v) is 2.70. The lowest BCUT2D eigenvalue weighted by molar-refractivity contribution is 0.562. The molecule has 0 atom stereocenters. The smallest absolute Gasteiger partial charge is 0.124 e. The summed E-state index contributed by atoms with van der Waals surface area (Å²) in [5.41, 5.74) is 7.89. The molecule has 2 heterocycles. The van der Waals surface area contributed by atoms with Crippen LogP contribution in [0.1, 0.15) is 24.4 Å². The molecule has 4 heteroatoms. The first-order valence-corrected chi connectivity index (χ1v) is 5.97. The van der Waals surface area contributed by atoms with Crippen molar-refractivity contribution in [3.05, 3.63) is 35.1 Å². The highest BCUT2D eigenvalue weighted by Crippen LogP contribution is 2.32. The normalized spacial score (nSPS) is 11.8. The number of thiazole rings is 1. The van der Waals surface area contributed by atoms with E-state index in [2.05, 4.69) is 9.97 Å². The predicted molar refractivity (Wildman–Crippen MR) is 67.3 cm³/mol. The number of rotatable bonds is 2. The number of aryl methyl sites for hydroxylation is 1. The van der Waals surface area contributed by atoms with E-state index < -0.39 is 0 Å². The largest absolute Gasteiger partial charge is 0.321 e. The molecule has 2 aromatic heterocycles. The highest BCUT2D eigenvalue weighted by Gasteiger charge is 2.21. The van der Waals surface area contributed by atoms with Gasteiger partial charge in [0, 0.05) is 28.4 Å². The van der Waals surface area contributed by atoms with Crippen LogP contribution in [0.4, 0.5) is 0 Å². The van der Waals surface area contributed by atoms with E-state index in [0.29, 0.717) is 0 Å². The van der Waals surface area contributed by atoms with E-state index >= 15 is 0 Å². The molecule has 0 aromatic carbocycles. The molecule has 2 aromatic rings. The number of hydrogen-bond acceptors (Lipinski definition) is 4. The summed E-state index contributed by atoms with van der Waals surface area (Å²) in [6.45, 7) is 6.01. The third-order valence-corrected chi connectivity index (χ3v) is 3.86. The van der Waals surface area contributed by atoms with E-state index in [9.17, 15) is 0 Å². The Morgan fingerprint density at radius 1 is 1.25 bits per heavy atom. The molecule has 0 unspecified atom stereocenters. The van der Waals surface area contributed by atoms with Crippen molar-refractivity contribution in [2.45, 2.75) is 26.3 Å². The van der Waals surface area contributed by atoms with E-state index in [4.69, 9.17) is 5.73 Å². The maximum Gasteiger partial charge on any atom is 0.124 e. The second-order valence-electron chi connectivity index (χ2n) is 4.39. The Morgan fingerprint density at radius 3 is 2.38 bits per heavy atom. The van der Waals surface area contributed by atoms with Gasteiger partial charge >= 0.3 is 0 Å². The lowest BCUT2D eigenvalue weighted by Crippen LogP contribution is -2.28. The van der Waals surface area contributed by atoms with Crippen LogP contribution in [0.5, 0.6) is 0 Å². The van der Waals surface area contributed by atoms with Gasteiger partial charge in [-0.3, -0.25) is 4.98 Å². The lowest BCUT2D eigenvalue weighted by atomic mass is 10.0. The monoisotopic (exact) mass is 233 g/mol. The van der Waals surface area contributed by atoms with Crippen LogP contribution in [0.3, 0.4) is 0 Å². The van der Waals surface area contributed by atoms with Crippen molar-refractivity contribution in [3.63, 3.8) is 0 Å². The molecule has 2 N–H and O–H groups in total. The molecule has 0 aliphatic carbocycles. The molecular formula is C12H15N3S. The molecule has 0 spiro atoms. The summed E-state index contributed by atoms with van der Waals surface area (Å²) in [7, 11) is 0. The zero-order valence-corrected chi connectivity index (χ0v) is 10.5. The topological polar surface area (TPSA) is 51.8 Å². The average molecular weight is 233 g/mol. The van der Waals surface area contributed by atoms with Gasteiger partial charge in [0.05, 0.1) is 5.69 Å². The SMILES string of the molecule is Cc1nc(-c2ccncc2)sc1C(C)(C)N. The number of nitrogens with zero attached hydrogens (tertiary/aromatic N) is 2. The lowest BCUT2D eigenvalue weighted by Gasteiger charge is -2.16. The summed E-state index contributed by atoms with van der Waals surface area (Å²) in [5.74, 6) is 0. The molecule has 3 nitrogen and oxygen atoms in total. The van der Waals surface area contributed by atoms with Gasteiger partial charge in [-0.05, 0) is 32.9 Å². The van der Waals surface area contributed by atoms with Crippen LogP contribution in [0.25, 0.3) is 10.6 Å². The number of pyridine rings is 1. The quantitative estimate of drug-likeness (QED) is 0.867. The minimum absolute atomic E-state index is 0.326. The zero-order chi connectivity index (χ0) is 11.8. The van der Waals surface area contributed by atoms with Crippen molar-refractivity contribution >= 4 is 11.3 Å². The Morgan fingerprint density at radius 2 is 1.88 bits per heavy atom. The standard InChI is InChI=1S/C12H15N3S/c1-8-10(12(2,3)13)16-11(15-8)9-4-6-14-7-5-9/h4-7H,13H2,1-3H3. The minimum Gasteiger partial charge on any atom is -0.321 e. The molecule has 0 fully saturated rings. The van der Waals surface area contributed by atoms with Gasteiger partial charge in [-0.25, -0.2) is 4.98 Å². The summed E-state index contributed by atoms with van der Waals surface area (Å²) in [4.78, 5) is 9.70. The molecule has 0 saturated heterocycles. The zero-order valence-electron chi connectivity index (χ0n) is 9.69. The van der Waals surface area contributed by atoms with Crippen LogP contribution < -0.4 is 5.73 Å². The van der Waals surface area contributed by atoms with Gasteiger partial charge < -0.3 is 5.73 Å². The summed E-state index contributed by atoms with van der Waals surface area (Å²) in [6, 6.07) is 3.93. The van der Waals surface area contributed by atoms with Gasteiger partial charge in [0.15, 0.2) is 0 Å². The Hall–Kier alpha value is -1.26. The second-order valence-corrected chi connectivity index (χ2v) is 5.39. The van der Waals surface area contributed by atoms with Crippen molar-refractivity contribution < 1.29 is 0 Å². The molecule has 0 bridgehead atoms. The van der Waals surface area contributed by atoms with Crippen LogP contribution in [0.15, 0.2) is 24.5 Å². The fraction of sp³-hybridized carbons (Fsp3) is 0.333. The number of aromatic nitrogens is 2. The van der Waals surface area contributed by atoms with E-state index in [-0.39, 0.29) is 5.54 Å². The van der Waals surface area contributed by atoms with Gasteiger partial charge in [0.2, 0.25) is 0 Å². The van der Waals surface area contributed by atoms with Gasteiger partial charge in [-0.2, -0.15) is 0 Å². The van der Waals surface area contributed by atoms with Crippen molar-refractivity contribution in [2.75, 3.05) is 0 Å². The molecule has 0 aliphatic rings. The molecule has 0 radical (unpaired) electrons. The molecule has 16 heavy (non-hydrogen) atoms. The Kier molecular flexibility index (Phi) is 2.78. The first-order chi connectivity index (χ1) is 7.48. The first-order valence-electron chi connectivity index (χ1n) is 5.15. The van der Waals surface area contributed by atoms with Crippen molar-refractivity contribution in [2.24, 2.45) is 5.73 Å². The summed E-state index contributed by atoms with van der Waals surface area (Å²) in [5, 5.41) is 1.01. The molecule has 0 aliphatic heterocycles. The third-order valence-electron chi connectivity index (χ3n) is 2.31. The van der Waals surface area contributed by atoms with Crippen LogP contribution in [0, 0.1) is 6.92 Å². The highest BCUT2D eigenvalue weighted by molar-refractivity contribution is 7.15. The molecule has 2 rings (SSSR count). The predicted octanol–water partition coefficient (Wildman–Crippen LogP) is 2.71.